The Labute approximate surface area is 161 Å². The summed E-state index contributed by atoms with van der Waals surface area (Å²) in [5.74, 6) is -0.898. The van der Waals surface area contributed by atoms with Crippen molar-refractivity contribution < 1.29 is 15.0 Å². The lowest BCUT2D eigenvalue weighted by atomic mass is 10.1. The van der Waals surface area contributed by atoms with Crippen LogP contribution in [0.1, 0.15) is 22.8 Å². The van der Waals surface area contributed by atoms with Crippen LogP contribution in [0.15, 0.2) is 65.8 Å². The van der Waals surface area contributed by atoms with Crippen LogP contribution in [0.2, 0.25) is 0 Å². The van der Waals surface area contributed by atoms with Gasteiger partial charge < -0.3 is 14.8 Å². The summed E-state index contributed by atoms with van der Waals surface area (Å²) in [5, 5.41) is 25.3. The summed E-state index contributed by atoms with van der Waals surface area (Å²) < 4.78 is 2.27. The van der Waals surface area contributed by atoms with Crippen LogP contribution >= 0.6 is 0 Å². The minimum absolute atomic E-state index is 0.121. The Kier molecular flexibility index (Phi) is 4.45. The van der Waals surface area contributed by atoms with Crippen molar-refractivity contribution >= 4 is 33.9 Å². The van der Waals surface area contributed by atoms with Crippen LogP contribution in [0.3, 0.4) is 0 Å². The maximum atomic E-state index is 12.1. The number of rotatable bonds is 4. The highest BCUT2D eigenvalue weighted by molar-refractivity contribution is 6.09. The van der Waals surface area contributed by atoms with E-state index in [-0.39, 0.29) is 17.1 Å². The van der Waals surface area contributed by atoms with Crippen molar-refractivity contribution in [2.24, 2.45) is 5.10 Å². The van der Waals surface area contributed by atoms with Crippen molar-refractivity contribution in [2.75, 3.05) is 0 Å². The van der Waals surface area contributed by atoms with Crippen molar-refractivity contribution in [1.29, 1.82) is 0 Å². The molecule has 0 bridgehead atoms. The Morgan fingerprint density at radius 1 is 1.00 bits per heavy atom. The number of nitrogens with zero attached hydrogens (tertiary/aromatic N) is 2. The second-order valence-electron chi connectivity index (χ2n) is 6.48. The van der Waals surface area contributed by atoms with Gasteiger partial charge in [-0.25, -0.2) is 5.43 Å². The second-order valence-corrected chi connectivity index (χ2v) is 6.48. The zero-order chi connectivity index (χ0) is 19.7. The summed E-state index contributed by atoms with van der Waals surface area (Å²) in [6, 6.07) is 18.0. The van der Waals surface area contributed by atoms with Crippen LogP contribution in [-0.4, -0.2) is 26.9 Å². The van der Waals surface area contributed by atoms with Gasteiger partial charge in [-0.2, -0.15) is 5.10 Å². The van der Waals surface area contributed by atoms with E-state index in [1.807, 2.05) is 24.3 Å². The number of hydrogen-bond acceptors (Lipinski definition) is 4. The average molecular weight is 373 g/mol. The highest BCUT2D eigenvalue weighted by Gasteiger charge is 2.10. The Hall–Kier alpha value is -3.80. The smallest absolute Gasteiger partial charge is 0.271 e. The van der Waals surface area contributed by atoms with E-state index in [0.29, 0.717) is 0 Å². The van der Waals surface area contributed by atoms with Crippen LogP contribution in [0, 0.1) is 0 Å². The maximum absolute atomic E-state index is 12.1. The van der Waals surface area contributed by atoms with Gasteiger partial charge in [0.2, 0.25) is 0 Å². The number of aromatic hydroxyl groups is 2. The molecule has 0 saturated carbocycles. The van der Waals surface area contributed by atoms with Gasteiger partial charge in [-0.15, -0.1) is 0 Å². The molecule has 0 atom stereocenters. The topological polar surface area (TPSA) is 86.9 Å². The molecule has 0 spiro atoms. The third-order valence-electron chi connectivity index (χ3n) is 4.66. The van der Waals surface area contributed by atoms with E-state index in [2.05, 4.69) is 40.2 Å². The van der Waals surface area contributed by atoms with Gasteiger partial charge in [0.1, 0.15) is 11.5 Å². The fraction of sp³-hybridized carbons (Fsp3) is 0.0909. The normalized spacial score (nSPS) is 11.5. The van der Waals surface area contributed by atoms with E-state index in [1.54, 1.807) is 6.21 Å². The van der Waals surface area contributed by atoms with Crippen molar-refractivity contribution in [3.63, 3.8) is 0 Å². The number of hydrazone groups is 1. The Balaban J connectivity index is 1.61. The molecule has 28 heavy (non-hydrogen) atoms. The average Bonchev–Trinajstić information content (AvgIpc) is 3.00. The fourth-order valence-electron chi connectivity index (χ4n) is 3.45. The Bertz CT molecular complexity index is 1200. The van der Waals surface area contributed by atoms with Crippen molar-refractivity contribution in [1.82, 2.24) is 9.99 Å². The van der Waals surface area contributed by atoms with E-state index in [0.717, 1.165) is 29.1 Å². The SMILES string of the molecule is CCn1c2ccccc2c2cc(C=NNC(=O)c3cc(O)cc(O)c3)ccc21. The fourth-order valence-corrected chi connectivity index (χ4v) is 3.45. The third kappa shape index (κ3) is 3.16. The summed E-state index contributed by atoms with van der Waals surface area (Å²) >= 11 is 0. The second kappa shape index (κ2) is 7.08. The van der Waals surface area contributed by atoms with Crippen LogP contribution in [-0.2, 0) is 6.54 Å². The molecule has 0 saturated heterocycles. The molecule has 6 nitrogen and oxygen atoms in total. The number of phenolic OH excluding ortho intramolecular Hbond substituents is 2. The molecule has 4 rings (SSSR count). The van der Waals surface area contributed by atoms with E-state index >= 15 is 0 Å². The number of para-hydroxylation sites is 1. The molecule has 0 aliphatic heterocycles. The lowest BCUT2D eigenvalue weighted by Crippen LogP contribution is -2.17. The number of nitrogens with one attached hydrogen (secondary N) is 1. The number of aryl methyl sites for hydroxylation is 1. The van der Waals surface area contributed by atoms with Gasteiger partial charge in [0, 0.05) is 40.0 Å². The number of hydrogen-bond donors (Lipinski definition) is 3. The Morgan fingerprint density at radius 3 is 2.46 bits per heavy atom. The zero-order valence-electron chi connectivity index (χ0n) is 15.3. The molecule has 1 heterocycles. The first-order chi connectivity index (χ1) is 13.6. The van der Waals surface area contributed by atoms with Gasteiger partial charge in [-0.05, 0) is 42.8 Å². The van der Waals surface area contributed by atoms with Gasteiger partial charge in [0.25, 0.3) is 5.91 Å². The van der Waals surface area contributed by atoms with Gasteiger partial charge in [0.15, 0.2) is 0 Å². The van der Waals surface area contributed by atoms with Gasteiger partial charge in [0.05, 0.1) is 6.21 Å². The maximum Gasteiger partial charge on any atom is 0.271 e. The number of carbonyl (C=O) groups is 1. The Morgan fingerprint density at radius 2 is 1.71 bits per heavy atom. The van der Waals surface area contributed by atoms with Crippen LogP contribution in [0.25, 0.3) is 21.8 Å². The number of phenols is 2. The quantitative estimate of drug-likeness (QED) is 0.373. The summed E-state index contributed by atoms with van der Waals surface area (Å²) in [4.78, 5) is 12.1. The summed E-state index contributed by atoms with van der Waals surface area (Å²) in [6.45, 7) is 3.00. The molecule has 0 unspecified atom stereocenters. The van der Waals surface area contributed by atoms with E-state index in [1.165, 1.54) is 23.0 Å². The van der Waals surface area contributed by atoms with Crippen LogP contribution in [0.4, 0.5) is 0 Å². The number of aromatic nitrogens is 1. The minimum Gasteiger partial charge on any atom is -0.508 e. The van der Waals surface area contributed by atoms with Gasteiger partial charge >= 0.3 is 0 Å². The van der Waals surface area contributed by atoms with Crippen LogP contribution < -0.4 is 5.43 Å². The number of fused-ring (bicyclic) bond motifs is 3. The monoisotopic (exact) mass is 373 g/mol. The van der Waals surface area contributed by atoms with E-state index in [9.17, 15) is 15.0 Å². The van der Waals surface area contributed by atoms with E-state index in [4.69, 9.17) is 0 Å². The molecule has 1 aromatic heterocycles. The molecule has 0 aliphatic carbocycles. The summed E-state index contributed by atoms with van der Waals surface area (Å²) in [6.07, 6.45) is 1.57. The number of amides is 1. The van der Waals surface area contributed by atoms with Crippen molar-refractivity contribution in [2.45, 2.75) is 13.5 Å². The first-order valence-electron chi connectivity index (χ1n) is 8.94. The standard InChI is InChI=1S/C22H19N3O3/c1-2-25-20-6-4-3-5-18(20)19-9-14(7-8-21(19)25)13-23-24-22(28)15-10-16(26)12-17(27)11-15/h3-13,26-27H,2H2,1H3,(H,24,28). The molecule has 4 aromatic rings. The predicted octanol–water partition coefficient (Wildman–Crippen LogP) is 3.99. The summed E-state index contributed by atoms with van der Waals surface area (Å²) in [7, 11) is 0. The number of benzene rings is 3. The summed E-state index contributed by atoms with van der Waals surface area (Å²) in [5.41, 5.74) is 5.72. The molecule has 0 aliphatic rings. The molecular weight excluding hydrogens is 354 g/mol. The zero-order valence-corrected chi connectivity index (χ0v) is 15.3. The molecule has 3 N–H and O–H groups in total. The van der Waals surface area contributed by atoms with Gasteiger partial charge in [-0.3, -0.25) is 4.79 Å². The van der Waals surface area contributed by atoms with E-state index < -0.39 is 5.91 Å². The minimum atomic E-state index is -0.522. The molecular formula is C22H19N3O3. The first-order valence-corrected chi connectivity index (χ1v) is 8.94. The molecule has 3 aromatic carbocycles. The molecule has 0 radical (unpaired) electrons. The molecule has 6 heteroatoms. The van der Waals surface area contributed by atoms with Gasteiger partial charge in [-0.1, -0.05) is 24.3 Å². The molecule has 1 amide bonds. The number of carbonyl (C=O) groups excluding carboxylic acids is 1. The first kappa shape index (κ1) is 17.6. The molecule has 0 fully saturated rings. The third-order valence-corrected chi connectivity index (χ3v) is 4.66. The largest absolute Gasteiger partial charge is 0.508 e. The predicted molar refractivity (Wildman–Crippen MR) is 110 cm³/mol. The van der Waals surface area contributed by atoms with Crippen LogP contribution in [0.5, 0.6) is 11.5 Å². The van der Waals surface area contributed by atoms with Crippen molar-refractivity contribution in [3.05, 3.63) is 71.8 Å². The lowest BCUT2D eigenvalue weighted by Gasteiger charge is -2.03. The highest BCUT2D eigenvalue weighted by Crippen LogP contribution is 2.29. The highest BCUT2D eigenvalue weighted by atomic mass is 16.3. The molecule has 140 valence electrons. The lowest BCUT2D eigenvalue weighted by molar-refractivity contribution is 0.0954. The van der Waals surface area contributed by atoms with Crippen molar-refractivity contribution in [3.8, 4) is 11.5 Å².